The van der Waals surface area contributed by atoms with Gasteiger partial charge in [-0.3, -0.25) is 0 Å². The smallest absolute Gasteiger partial charge is 0.141 e. The van der Waals surface area contributed by atoms with Crippen LogP contribution in [0.15, 0.2) is 30.3 Å². The third-order valence-corrected chi connectivity index (χ3v) is 5.96. The van der Waals surface area contributed by atoms with E-state index in [0.717, 1.165) is 68.9 Å². The van der Waals surface area contributed by atoms with Crippen LogP contribution >= 0.6 is 11.6 Å². The van der Waals surface area contributed by atoms with Crippen molar-refractivity contribution in [1.82, 2.24) is 0 Å². The van der Waals surface area contributed by atoms with Crippen molar-refractivity contribution in [3.63, 3.8) is 0 Å². The Morgan fingerprint density at radius 2 is 1.91 bits per heavy atom. The highest BCUT2D eigenvalue weighted by molar-refractivity contribution is 6.31. The minimum atomic E-state index is -0.469. The predicted molar refractivity (Wildman–Crippen MR) is 127 cm³/mol. The fourth-order valence-corrected chi connectivity index (χ4v) is 4.03. The Hall–Kier alpha value is -2.59. The zero-order chi connectivity index (χ0) is 22.3. The number of hydrogen-bond donors (Lipinski definition) is 3. The highest BCUT2D eigenvalue weighted by atomic mass is 35.5. The van der Waals surface area contributed by atoms with E-state index in [1.54, 1.807) is 12.1 Å². The van der Waals surface area contributed by atoms with Crippen molar-refractivity contribution in [1.29, 1.82) is 5.41 Å². The van der Waals surface area contributed by atoms with E-state index in [1.807, 2.05) is 12.1 Å². The number of hydrogen-bond acceptors (Lipinski definition) is 5. The van der Waals surface area contributed by atoms with Crippen LogP contribution in [0.25, 0.3) is 0 Å². The lowest BCUT2D eigenvalue weighted by atomic mass is 9.99. The van der Waals surface area contributed by atoms with E-state index < -0.39 is 5.82 Å². The summed E-state index contributed by atoms with van der Waals surface area (Å²) in [5.74, 6) is 6.53. The first-order valence-corrected chi connectivity index (χ1v) is 11.4. The Balaban J connectivity index is 1.67. The molecule has 2 fully saturated rings. The van der Waals surface area contributed by atoms with Crippen molar-refractivity contribution in [2.24, 2.45) is 5.92 Å². The molecule has 0 spiro atoms. The van der Waals surface area contributed by atoms with Gasteiger partial charge in [0.05, 0.1) is 16.3 Å². The maximum atomic E-state index is 13.6. The Kier molecular flexibility index (Phi) is 7.64. The molecule has 2 aromatic carbocycles. The second-order valence-corrected chi connectivity index (χ2v) is 8.45. The molecular formula is C25H27ClFN3O2. The molecule has 2 saturated heterocycles. The molecule has 2 aromatic rings. The first-order chi connectivity index (χ1) is 15.6. The Labute approximate surface area is 193 Å². The second kappa shape index (κ2) is 10.8. The van der Waals surface area contributed by atoms with E-state index >= 15 is 0 Å². The van der Waals surface area contributed by atoms with Crippen molar-refractivity contribution >= 4 is 34.9 Å². The van der Waals surface area contributed by atoms with E-state index in [9.17, 15) is 4.39 Å². The fourth-order valence-electron chi connectivity index (χ4n) is 3.85. The van der Waals surface area contributed by atoms with Crippen LogP contribution in [0, 0.1) is 29.0 Å². The van der Waals surface area contributed by atoms with Gasteiger partial charge in [-0.15, -0.1) is 0 Å². The summed E-state index contributed by atoms with van der Waals surface area (Å²) >= 11 is 5.96. The topological polar surface area (TPSA) is 66.4 Å². The average Bonchev–Trinajstić information content (AvgIpc) is 2.82. The van der Waals surface area contributed by atoms with Crippen molar-refractivity contribution in [3.05, 3.63) is 52.3 Å². The van der Waals surface area contributed by atoms with Crippen molar-refractivity contribution in [2.75, 3.05) is 30.5 Å². The van der Waals surface area contributed by atoms with E-state index in [0.29, 0.717) is 11.3 Å². The van der Waals surface area contributed by atoms with Gasteiger partial charge in [0.1, 0.15) is 12.0 Å². The Morgan fingerprint density at radius 3 is 2.62 bits per heavy atom. The van der Waals surface area contributed by atoms with Crippen LogP contribution in [0.3, 0.4) is 0 Å². The zero-order valence-electron chi connectivity index (χ0n) is 17.8. The summed E-state index contributed by atoms with van der Waals surface area (Å²) in [6.07, 6.45) is 6.18. The number of ether oxygens (including phenoxy) is 2. The molecule has 0 radical (unpaired) electrons. The van der Waals surface area contributed by atoms with Crippen LogP contribution in [0.5, 0.6) is 0 Å². The number of anilines is 3. The molecule has 32 heavy (non-hydrogen) atoms. The molecule has 168 valence electrons. The lowest BCUT2D eigenvalue weighted by molar-refractivity contribution is 0.0343. The second-order valence-electron chi connectivity index (χ2n) is 8.04. The molecule has 2 heterocycles. The largest absolute Gasteiger partial charge is 0.381 e. The minimum absolute atomic E-state index is 0.0462. The zero-order valence-corrected chi connectivity index (χ0v) is 18.6. The van der Waals surface area contributed by atoms with E-state index in [1.165, 1.54) is 12.3 Å². The summed E-state index contributed by atoms with van der Waals surface area (Å²) in [6.45, 7) is 2.20. The third-order valence-electron chi connectivity index (χ3n) is 5.67. The first-order valence-electron chi connectivity index (χ1n) is 11.0. The van der Waals surface area contributed by atoms with Gasteiger partial charge in [-0.05, 0) is 62.4 Å². The molecule has 0 aliphatic carbocycles. The van der Waals surface area contributed by atoms with Gasteiger partial charge in [0.2, 0.25) is 0 Å². The summed E-state index contributed by atoms with van der Waals surface area (Å²) < 4.78 is 24.9. The molecule has 2 aliphatic rings. The standard InChI is InChI=1S/C25H27ClFN3O2/c26-21-15-20(6-7-22(21)27)29-23-14-19(16-28)24(30-25-3-1-2-10-32-25)13-18(23)5-4-17-8-11-31-12-9-17/h6-7,13-17,25,28-30H,1-3,8-12H2. The quantitative estimate of drug-likeness (QED) is 0.385. The van der Waals surface area contributed by atoms with Crippen molar-refractivity contribution in [2.45, 2.75) is 38.3 Å². The van der Waals surface area contributed by atoms with Crippen molar-refractivity contribution in [3.8, 4) is 11.8 Å². The van der Waals surface area contributed by atoms with E-state index in [4.69, 9.17) is 26.5 Å². The number of nitrogens with one attached hydrogen (secondary N) is 3. The summed E-state index contributed by atoms with van der Waals surface area (Å²) in [6, 6.07) is 8.33. The van der Waals surface area contributed by atoms with Gasteiger partial charge < -0.3 is 25.5 Å². The predicted octanol–water partition coefficient (Wildman–Crippen LogP) is 5.94. The molecule has 5 nitrogen and oxygen atoms in total. The lowest BCUT2D eigenvalue weighted by Crippen LogP contribution is -2.27. The molecule has 1 atom stereocenters. The number of benzene rings is 2. The maximum absolute atomic E-state index is 13.6. The normalized spacial score (nSPS) is 19.0. The average molecular weight is 456 g/mol. The molecule has 1 unspecified atom stereocenters. The van der Waals surface area contributed by atoms with Crippen LogP contribution < -0.4 is 10.6 Å². The highest BCUT2D eigenvalue weighted by Gasteiger charge is 2.17. The number of halogens is 2. The molecule has 0 aromatic heterocycles. The fraction of sp³-hybridized carbons (Fsp3) is 0.400. The third kappa shape index (κ3) is 5.80. The van der Waals surface area contributed by atoms with Crippen LogP contribution in [0.4, 0.5) is 21.5 Å². The molecular weight excluding hydrogens is 429 g/mol. The SMILES string of the molecule is N=Cc1cc(Nc2ccc(F)c(Cl)c2)c(C#CC2CCOCC2)cc1NC1CCCCO1. The Morgan fingerprint density at radius 1 is 1.06 bits per heavy atom. The van der Waals surface area contributed by atoms with E-state index in [2.05, 4.69) is 22.5 Å². The van der Waals surface area contributed by atoms with Gasteiger partial charge in [0.15, 0.2) is 0 Å². The van der Waals surface area contributed by atoms with Gasteiger partial charge >= 0.3 is 0 Å². The van der Waals surface area contributed by atoms with Crippen LogP contribution in [0.2, 0.25) is 5.02 Å². The van der Waals surface area contributed by atoms with Crippen molar-refractivity contribution < 1.29 is 13.9 Å². The van der Waals surface area contributed by atoms with Crippen LogP contribution in [0.1, 0.15) is 43.2 Å². The van der Waals surface area contributed by atoms with Gasteiger partial charge in [-0.25, -0.2) is 4.39 Å². The van der Waals surface area contributed by atoms with Gasteiger partial charge in [0.25, 0.3) is 0 Å². The van der Waals surface area contributed by atoms with Gasteiger partial charge in [-0.2, -0.15) is 0 Å². The molecule has 0 saturated carbocycles. The van der Waals surface area contributed by atoms with Gasteiger partial charge in [-0.1, -0.05) is 23.4 Å². The van der Waals surface area contributed by atoms with Crippen LogP contribution in [-0.4, -0.2) is 32.3 Å². The highest BCUT2D eigenvalue weighted by Crippen LogP contribution is 2.30. The molecule has 4 rings (SSSR count). The lowest BCUT2D eigenvalue weighted by Gasteiger charge is -2.26. The van der Waals surface area contributed by atoms with E-state index in [-0.39, 0.29) is 17.2 Å². The molecule has 2 aliphatic heterocycles. The number of rotatable bonds is 5. The Bertz CT molecular complexity index is 1020. The summed E-state index contributed by atoms with van der Waals surface area (Å²) in [5, 5.41) is 14.7. The molecule has 7 heteroatoms. The molecule has 0 amide bonds. The molecule has 0 bridgehead atoms. The summed E-state index contributed by atoms with van der Waals surface area (Å²) in [7, 11) is 0. The molecule has 3 N–H and O–H groups in total. The maximum Gasteiger partial charge on any atom is 0.141 e. The monoisotopic (exact) mass is 455 g/mol. The van der Waals surface area contributed by atoms with Gasteiger partial charge in [0, 0.05) is 48.9 Å². The minimum Gasteiger partial charge on any atom is -0.381 e. The first kappa shape index (κ1) is 22.6. The summed E-state index contributed by atoms with van der Waals surface area (Å²) in [4.78, 5) is 0. The summed E-state index contributed by atoms with van der Waals surface area (Å²) in [5.41, 5.74) is 3.71. The van der Waals surface area contributed by atoms with Crippen LogP contribution in [-0.2, 0) is 9.47 Å².